The standard InChI is InChI=1S/C19H14Cl2N4O2/c1-3-27-19(26)11-7-8-14-15(9-11)25-17(10(2)22-14)23-24-18(25)16-12(20)5-4-6-13(16)21/h4-9H,3H2,1-2H3. The molecule has 2 heterocycles. The predicted molar refractivity (Wildman–Crippen MR) is 104 cm³/mol. The van der Waals surface area contributed by atoms with Crippen LogP contribution in [0.15, 0.2) is 36.4 Å². The summed E-state index contributed by atoms with van der Waals surface area (Å²) < 4.78 is 6.92. The quantitative estimate of drug-likeness (QED) is 0.464. The van der Waals surface area contributed by atoms with Crippen LogP contribution in [-0.4, -0.2) is 32.2 Å². The second-order valence-electron chi connectivity index (χ2n) is 5.90. The summed E-state index contributed by atoms with van der Waals surface area (Å²) in [5.41, 5.74) is 3.61. The van der Waals surface area contributed by atoms with Crippen LogP contribution in [0.2, 0.25) is 10.0 Å². The highest BCUT2D eigenvalue weighted by atomic mass is 35.5. The minimum atomic E-state index is -0.404. The molecule has 4 rings (SSSR count). The maximum atomic E-state index is 12.2. The molecule has 4 aromatic rings. The summed E-state index contributed by atoms with van der Waals surface area (Å²) in [4.78, 5) is 16.7. The largest absolute Gasteiger partial charge is 0.462 e. The van der Waals surface area contributed by atoms with Crippen molar-refractivity contribution >= 4 is 45.9 Å². The number of nitrogens with zero attached hydrogens (tertiary/aromatic N) is 4. The molecular formula is C19H14Cl2N4O2. The summed E-state index contributed by atoms with van der Waals surface area (Å²) in [7, 11) is 0. The summed E-state index contributed by atoms with van der Waals surface area (Å²) >= 11 is 12.8. The van der Waals surface area contributed by atoms with Crippen molar-refractivity contribution in [2.24, 2.45) is 0 Å². The topological polar surface area (TPSA) is 69.4 Å². The summed E-state index contributed by atoms with van der Waals surface area (Å²) in [5.74, 6) is 0.0793. The number of carbonyl (C=O) groups is 1. The molecule has 2 aromatic carbocycles. The fourth-order valence-electron chi connectivity index (χ4n) is 2.99. The minimum Gasteiger partial charge on any atom is -0.462 e. The van der Waals surface area contributed by atoms with Crippen LogP contribution in [0.3, 0.4) is 0 Å². The highest BCUT2D eigenvalue weighted by molar-refractivity contribution is 6.39. The predicted octanol–water partition coefficient (Wildman–Crippen LogP) is 4.74. The van der Waals surface area contributed by atoms with Crippen LogP contribution in [-0.2, 0) is 4.74 Å². The molecule has 0 atom stereocenters. The van der Waals surface area contributed by atoms with E-state index in [-0.39, 0.29) is 0 Å². The monoisotopic (exact) mass is 400 g/mol. The number of fused-ring (bicyclic) bond motifs is 3. The molecule has 0 aliphatic carbocycles. The van der Waals surface area contributed by atoms with Gasteiger partial charge in [0.15, 0.2) is 11.5 Å². The summed E-state index contributed by atoms with van der Waals surface area (Å²) in [6, 6.07) is 10.4. The lowest BCUT2D eigenvalue weighted by Gasteiger charge is -2.10. The van der Waals surface area contributed by atoms with E-state index in [0.717, 1.165) is 0 Å². The van der Waals surface area contributed by atoms with Crippen molar-refractivity contribution in [2.45, 2.75) is 13.8 Å². The van der Waals surface area contributed by atoms with Gasteiger partial charge in [0.05, 0.1) is 44.5 Å². The number of hydrogen-bond acceptors (Lipinski definition) is 5. The van der Waals surface area contributed by atoms with E-state index < -0.39 is 5.97 Å². The molecule has 0 N–H and O–H groups in total. The molecule has 136 valence electrons. The van der Waals surface area contributed by atoms with E-state index in [4.69, 9.17) is 27.9 Å². The van der Waals surface area contributed by atoms with Gasteiger partial charge in [-0.05, 0) is 44.2 Å². The molecule has 0 saturated carbocycles. The van der Waals surface area contributed by atoms with Gasteiger partial charge in [-0.3, -0.25) is 4.40 Å². The van der Waals surface area contributed by atoms with Crippen molar-refractivity contribution in [3.8, 4) is 11.4 Å². The number of aromatic nitrogens is 4. The Morgan fingerprint density at radius 1 is 1.15 bits per heavy atom. The van der Waals surface area contributed by atoms with Gasteiger partial charge >= 0.3 is 5.97 Å². The average molecular weight is 401 g/mol. The Bertz CT molecular complexity index is 1180. The molecule has 0 radical (unpaired) electrons. The second kappa shape index (κ2) is 6.79. The van der Waals surface area contributed by atoms with E-state index >= 15 is 0 Å². The molecule has 0 unspecified atom stereocenters. The van der Waals surface area contributed by atoms with Crippen molar-refractivity contribution in [3.05, 3.63) is 57.7 Å². The Morgan fingerprint density at radius 3 is 2.59 bits per heavy atom. The zero-order valence-electron chi connectivity index (χ0n) is 14.5. The third-order valence-electron chi connectivity index (χ3n) is 4.19. The van der Waals surface area contributed by atoms with Crippen molar-refractivity contribution in [1.29, 1.82) is 0 Å². The maximum Gasteiger partial charge on any atom is 0.338 e. The molecular weight excluding hydrogens is 387 g/mol. The lowest BCUT2D eigenvalue weighted by Crippen LogP contribution is -2.06. The van der Waals surface area contributed by atoms with Gasteiger partial charge in [-0.15, -0.1) is 10.2 Å². The lowest BCUT2D eigenvalue weighted by atomic mass is 10.1. The lowest BCUT2D eigenvalue weighted by molar-refractivity contribution is 0.0526. The summed E-state index contributed by atoms with van der Waals surface area (Å²) in [6.45, 7) is 3.91. The molecule has 0 saturated heterocycles. The number of esters is 1. The van der Waals surface area contributed by atoms with Crippen LogP contribution >= 0.6 is 23.2 Å². The van der Waals surface area contributed by atoms with Gasteiger partial charge in [0, 0.05) is 0 Å². The van der Waals surface area contributed by atoms with E-state index in [1.165, 1.54) is 0 Å². The number of ether oxygens (including phenoxy) is 1. The summed E-state index contributed by atoms with van der Waals surface area (Å²) in [5, 5.41) is 9.47. The normalized spacial score (nSPS) is 11.3. The fraction of sp³-hybridized carbons (Fsp3) is 0.158. The van der Waals surface area contributed by atoms with E-state index in [1.54, 1.807) is 43.3 Å². The molecule has 2 aromatic heterocycles. The van der Waals surface area contributed by atoms with Gasteiger partial charge in [-0.25, -0.2) is 9.78 Å². The van der Waals surface area contributed by atoms with Gasteiger partial charge in [0.25, 0.3) is 0 Å². The van der Waals surface area contributed by atoms with Crippen LogP contribution in [0.25, 0.3) is 28.1 Å². The minimum absolute atomic E-state index is 0.297. The van der Waals surface area contributed by atoms with Crippen LogP contribution in [0.5, 0.6) is 0 Å². The second-order valence-corrected chi connectivity index (χ2v) is 6.71. The van der Waals surface area contributed by atoms with Crippen LogP contribution in [0, 0.1) is 6.92 Å². The molecule has 0 aliphatic heterocycles. The van der Waals surface area contributed by atoms with E-state index in [2.05, 4.69) is 15.2 Å². The van der Waals surface area contributed by atoms with Crippen molar-refractivity contribution in [3.63, 3.8) is 0 Å². The van der Waals surface area contributed by atoms with Gasteiger partial charge < -0.3 is 4.74 Å². The van der Waals surface area contributed by atoms with Crippen LogP contribution in [0.4, 0.5) is 0 Å². The number of rotatable bonds is 3. The van der Waals surface area contributed by atoms with E-state index in [0.29, 0.717) is 56.0 Å². The third-order valence-corrected chi connectivity index (χ3v) is 4.82. The third kappa shape index (κ3) is 2.91. The zero-order chi connectivity index (χ0) is 19.1. The maximum absolute atomic E-state index is 12.2. The first-order chi connectivity index (χ1) is 13.0. The zero-order valence-corrected chi connectivity index (χ0v) is 16.0. The molecule has 0 amide bonds. The Balaban J connectivity index is 2.08. The van der Waals surface area contributed by atoms with Crippen LogP contribution in [0.1, 0.15) is 23.0 Å². The van der Waals surface area contributed by atoms with E-state index in [1.807, 2.05) is 11.3 Å². The Hall–Kier alpha value is -2.70. The highest BCUT2D eigenvalue weighted by Crippen LogP contribution is 2.35. The van der Waals surface area contributed by atoms with Crippen molar-refractivity contribution in [2.75, 3.05) is 6.61 Å². The first-order valence-corrected chi connectivity index (χ1v) is 9.04. The number of benzene rings is 2. The molecule has 8 heteroatoms. The first-order valence-electron chi connectivity index (χ1n) is 8.28. The molecule has 0 aliphatic rings. The van der Waals surface area contributed by atoms with Crippen LogP contribution < -0.4 is 0 Å². The van der Waals surface area contributed by atoms with E-state index in [9.17, 15) is 4.79 Å². The number of halogens is 2. The molecule has 0 bridgehead atoms. The SMILES string of the molecule is CCOC(=O)c1ccc2nc(C)c3nnc(-c4c(Cl)cccc4Cl)n3c2c1. The Morgan fingerprint density at radius 2 is 1.89 bits per heavy atom. The molecule has 27 heavy (non-hydrogen) atoms. The number of aryl methyl sites for hydroxylation is 1. The smallest absolute Gasteiger partial charge is 0.338 e. The molecule has 6 nitrogen and oxygen atoms in total. The van der Waals surface area contributed by atoms with Gasteiger partial charge in [-0.1, -0.05) is 29.3 Å². The van der Waals surface area contributed by atoms with Crippen molar-refractivity contribution < 1.29 is 9.53 Å². The fourth-order valence-corrected chi connectivity index (χ4v) is 3.56. The highest BCUT2D eigenvalue weighted by Gasteiger charge is 2.19. The Labute approximate surface area is 164 Å². The van der Waals surface area contributed by atoms with Gasteiger partial charge in [0.2, 0.25) is 0 Å². The van der Waals surface area contributed by atoms with Gasteiger partial charge in [-0.2, -0.15) is 0 Å². The number of carbonyl (C=O) groups excluding carboxylic acids is 1. The molecule has 0 spiro atoms. The summed E-state index contributed by atoms with van der Waals surface area (Å²) in [6.07, 6.45) is 0. The Kier molecular flexibility index (Phi) is 4.45. The van der Waals surface area contributed by atoms with Gasteiger partial charge in [0.1, 0.15) is 0 Å². The molecule has 0 fully saturated rings. The number of hydrogen-bond donors (Lipinski definition) is 0. The first kappa shape index (κ1) is 17.7. The van der Waals surface area contributed by atoms with Crippen molar-refractivity contribution in [1.82, 2.24) is 19.6 Å². The average Bonchev–Trinajstić information content (AvgIpc) is 3.07.